The maximum atomic E-state index is 14.9. The topological polar surface area (TPSA) is 162 Å². The Balaban J connectivity index is 1.53. The summed E-state index contributed by atoms with van der Waals surface area (Å²) < 4.78 is 25.5. The SMILES string of the molecule is N=C(N)NC(=O)OCc1cccc(C2=CN=C(OCC3CCN(C(=O)CO)CC3)NC2)c1F. The van der Waals surface area contributed by atoms with Crippen LogP contribution in [0, 0.1) is 17.1 Å². The molecule has 1 fully saturated rings. The molecule has 6 N–H and O–H groups in total. The minimum Gasteiger partial charge on any atom is -0.465 e. The largest absolute Gasteiger partial charge is 0.465 e. The Kier molecular flexibility index (Phi) is 8.19. The van der Waals surface area contributed by atoms with E-state index in [0.29, 0.717) is 43.4 Å². The monoisotopic (exact) mass is 462 g/mol. The number of alkyl carbamates (subject to hydrolysis) is 1. The van der Waals surface area contributed by atoms with E-state index in [0.717, 1.165) is 12.8 Å². The highest BCUT2D eigenvalue weighted by molar-refractivity contribution is 5.90. The summed E-state index contributed by atoms with van der Waals surface area (Å²) in [5.74, 6) is -1.08. The van der Waals surface area contributed by atoms with Crippen LogP contribution in [0.15, 0.2) is 29.4 Å². The number of hydrogen-bond donors (Lipinski definition) is 5. The number of rotatable bonds is 6. The maximum absolute atomic E-state index is 14.9. The lowest BCUT2D eigenvalue weighted by Crippen LogP contribution is -2.41. The van der Waals surface area contributed by atoms with Gasteiger partial charge >= 0.3 is 6.09 Å². The summed E-state index contributed by atoms with van der Waals surface area (Å²) in [5, 5.41) is 20.9. The number of aliphatic hydroxyl groups excluding tert-OH is 1. The zero-order chi connectivity index (χ0) is 23.8. The number of nitrogens with zero attached hydrogens (tertiary/aromatic N) is 2. The first-order valence-electron chi connectivity index (χ1n) is 10.4. The van der Waals surface area contributed by atoms with E-state index in [4.69, 9.17) is 25.7 Å². The van der Waals surface area contributed by atoms with Crippen molar-refractivity contribution in [1.29, 1.82) is 5.41 Å². The maximum Gasteiger partial charge on any atom is 0.414 e. The van der Waals surface area contributed by atoms with Gasteiger partial charge in [0.2, 0.25) is 5.91 Å². The molecule has 3 rings (SSSR count). The van der Waals surface area contributed by atoms with Crippen LogP contribution in [0.2, 0.25) is 0 Å². The van der Waals surface area contributed by atoms with E-state index in [-0.39, 0.29) is 24.0 Å². The number of piperidine rings is 1. The molecule has 0 spiro atoms. The van der Waals surface area contributed by atoms with Gasteiger partial charge in [-0.2, -0.15) is 0 Å². The number of carbonyl (C=O) groups excluding carboxylic acids is 2. The second-order valence-corrected chi connectivity index (χ2v) is 7.63. The summed E-state index contributed by atoms with van der Waals surface area (Å²) in [6.45, 7) is 1.14. The predicted octanol–water partition coefficient (Wildman–Crippen LogP) is 0.493. The number of ether oxygens (including phenoxy) is 2. The first-order chi connectivity index (χ1) is 15.9. The van der Waals surface area contributed by atoms with Crippen LogP contribution in [0.5, 0.6) is 0 Å². The fourth-order valence-electron chi connectivity index (χ4n) is 3.53. The third-order valence-electron chi connectivity index (χ3n) is 5.35. The van der Waals surface area contributed by atoms with Crippen molar-refractivity contribution >= 4 is 29.6 Å². The molecular weight excluding hydrogens is 435 g/mol. The van der Waals surface area contributed by atoms with Crippen LogP contribution in [-0.4, -0.2) is 66.8 Å². The van der Waals surface area contributed by atoms with E-state index in [9.17, 15) is 14.0 Å². The molecule has 1 aromatic rings. The van der Waals surface area contributed by atoms with Crippen molar-refractivity contribution in [2.24, 2.45) is 16.6 Å². The lowest BCUT2D eigenvalue weighted by atomic mass is 9.98. The van der Waals surface area contributed by atoms with Crippen molar-refractivity contribution in [3.05, 3.63) is 41.3 Å². The molecule has 11 nitrogen and oxygen atoms in total. The smallest absolute Gasteiger partial charge is 0.414 e. The molecular formula is C21H27FN6O5. The number of amides is 2. The number of aliphatic hydroxyl groups is 1. The Labute approximate surface area is 189 Å². The molecule has 12 heteroatoms. The fraction of sp³-hybridized carbons (Fsp3) is 0.429. The number of hydrogen-bond acceptors (Lipinski definition) is 8. The Morgan fingerprint density at radius 3 is 2.76 bits per heavy atom. The molecule has 0 atom stereocenters. The zero-order valence-corrected chi connectivity index (χ0v) is 18.0. The third kappa shape index (κ3) is 6.65. The van der Waals surface area contributed by atoms with Gasteiger partial charge in [0, 0.05) is 37.0 Å². The Morgan fingerprint density at radius 2 is 2.12 bits per heavy atom. The molecule has 0 aromatic heterocycles. The third-order valence-corrected chi connectivity index (χ3v) is 5.35. The summed E-state index contributed by atoms with van der Waals surface area (Å²) in [4.78, 5) is 28.8. The highest BCUT2D eigenvalue weighted by Crippen LogP contribution is 2.23. The molecule has 2 aliphatic heterocycles. The van der Waals surface area contributed by atoms with Gasteiger partial charge in [-0.15, -0.1) is 0 Å². The molecule has 0 aliphatic carbocycles. The van der Waals surface area contributed by atoms with Gasteiger partial charge < -0.3 is 30.5 Å². The van der Waals surface area contributed by atoms with Crippen LogP contribution >= 0.6 is 0 Å². The lowest BCUT2D eigenvalue weighted by molar-refractivity contribution is -0.135. The quantitative estimate of drug-likeness (QED) is 0.303. The standard InChI is InChI=1S/C21H27FN6O5/c22-18-14(12-33-21(31)27-19(23)24)2-1-3-16(18)15-8-25-20(26-9-15)32-11-13-4-6-28(7-5-13)17(30)10-29/h1-3,8,13,29H,4-7,9-12H2,(H,25,26)(H4,23,24,27,31). The predicted molar refractivity (Wildman–Crippen MR) is 117 cm³/mol. The molecule has 33 heavy (non-hydrogen) atoms. The van der Waals surface area contributed by atoms with E-state index in [2.05, 4.69) is 10.3 Å². The first-order valence-corrected chi connectivity index (χ1v) is 10.4. The van der Waals surface area contributed by atoms with Crippen molar-refractivity contribution in [2.75, 3.05) is 32.8 Å². The number of likely N-dealkylation sites (tertiary alicyclic amines) is 1. The lowest BCUT2D eigenvalue weighted by Gasteiger charge is -2.31. The van der Waals surface area contributed by atoms with Gasteiger partial charge in [-0.25, -0.2) is 14.2 Å². The van der Waals surface area contributed by atoms with Gasteiger partial charge in [0.05, 0.1) is 6.61 Å². The van der Waals surface area contributed by atoms with Crippen LogP contribution in [0.3, 0.4) is 0 Å². The molecule has 0 bridgehead atoms. The first kappa shape index (κ1) is 24.0. The highest BCUT2D eigenvalue weighted by Gasteiger charge is 2.23. The van der Waals surface area contributed by atoms with Gasteiger partial charge in [0.15, 0.2) is 5.96 Å². The number of guanidine groups is 1. The normalized spacial score (nSPS) is 16.2. The molecule has 178 valence electrons. The molecule has 2 aliphatic rings. The second-order valence-electron chi connectivity index (χ2n) is 7.63. The van der Waals surface area contributed by atoms with Gasteiger partial charge in [0.1, 0.15) is 19.0 Å². The zero-order valence-electron chi connectivity index (χ0n) is 18.0. The summed E-state index contributed by atoms with van der Waals surface area (Å²) in [6.07, 6.45) is 2.15. The number of aliphatic imine (C=N–C) groups is 1. The molecule has 1 aromatic carbocycles. The van der Waals surface area contributed by atoms with E-state index in [1.54, 1.807) is 17.0 Å². The molecule has 1 saturated heterocycles. The van der Waals surface area contributed by atoms with Crippen LogP contribution in [0.4, 0.5) is 9.18 Å². The minimum absolute atomic E-state index is 0.171. The van der Waals surface area contributed by atoms with Crippen molar-refractivity contribution in [3.8, 4) is 0 Å². The molecule has 0 saturated carbocycles. The number of halogens is 1. The second kappa shape index (κ2) is 11.3. The van der Waals surface area contributed by atoms with Crippen molar-refractivity contribution in [2.45, 2.75) is 19.4 Å². The molecule has 2 heterocycles. The van der Waals surface area contributed by atoms with E-state index in [1.807, 2.05) is 5.32 Å². The number of benzene rings is 1. The number of nitrogens with one attached hydrogen (secondary N) is 3. The Bertz CT molecular complexity index is 958. The average Bonchev–Trinajstić information content (AvgIpc) is 2.82. The number of amidine groups is 1. The van der Waals surface area contributed by atoms with E-state index >= 15 is 0 Å². The minimum atomic E-state index is -0.942. The van der Waals surface area contributed by atoms with Crippen molar-refractivity contribution in [3.63, 3.8) is 0 Å². The summed E-state index contributed by atoms with van der Waals surface area (Å²) >= 11 is 0. The van der Waals surface area contributed by atoms with Crippen LogP contribution < -0.4 is 16.4 Å². The van der Waals surface area contributed by atoms with Gasteiger partial charge in [0.25, 0.3) is 6.02 Å². The van der Waals surface area contributed by atoms with E-state index in [1.165, 1.54) is 12.3 Å². The highest BCUT2D eigenvalue weighted by atomic mass is 19.1. The number of carbonyl (C=O) groups is 2. The molecule has 0 radical (unpaired) electrons. The van der Waals surface area contributed by atoms with Gasteiger partial charge in [-0.05, 0) is 24.3 Å². The van der Waals surface area contributed by atoms with Crippen molar-refractivity contribution in [1.82, 2.24) is 15.5 Å². The summed E-state index contributed by atoms with van der Waals surface area (Å²) in [6, 6.07) is 5.08. The Morgan fingerprint density at radius 1 is 1.36 bits per heavy atom. The summed E-state index contributed by atoms with van der Waals surface area (Å²) in [5.41, 5.74) is 6.14. The van der Waals surface area contributed by atoms with E-state index < -0.39 is 24.5 Å². The van der Waals surface area contributed by atoms with Gasteiger partial charge in [-0.1, -0.05) is 18.2 Å². The molecule has 2 amide bonds. The number of nitrogens with two attached hydrogens (primary N) is 1. The van der Waals surface area contributed by atoms with Crippen LogP contribution in [0.25, 0.3) is 5.57 Å². The van der Waals surface area contributed by atoms with Crippen molar-refractivity contribution < 1.29 is 28.6 Å². The fourth-order valence-corrected chi connectivity index (χ4v) is 3.53. The Hall–Kier alpha value is -3.67. The van der Waals surface area contributed by atoms with Crippen LogP contribution in [-0.2, 0) is 20.9 Å². The average molecular weight is 462 g/mol. The summed E-state index contributed by atoms with van der Waals surface area (Å²) in [7, 11) is 0. The van der Waals surface area contributed by atoms with Gasteiger partial charge in [-0.3, -0.25) is 15.5 Å². The van der Waals surface area contributed by atoms with Crippen LogP contribution in [0.1, 0.15) is 24.0 Å². The molecule has 0 unspecified atom stereocenters.